The van der Waals surface area contributed by atoms with Crippen molar-refractivity contribution in [2.75, 3.05) is 14.2 Å². The molecule has 0 spiro atoms. The number of allylic oxidation sites excluding steroid dienone is 2. The van der Waals surface area contributed by atoms with E-state index in [1.54, 1.807) is 14.2 Å². The van der Waals surface area contributed by atoms with Gasteiger partial charge in [0.05, 0.1) is 14.2 Å². The molecule has 0 amide bonds. The van der Waals surface area contributed by atoms with Crippen LogP contribution >= 0.6 is 31.9 Å². The Kier molecular flexibility index (Phi) is 6.69. The zero-order valence-electron chi connectivity index (χ0n) is 14.2. The number of hydrogen-bond acceptors (Lipinski definition) is 2. The molecule has 0 atom stereocenters. The molecule has 0 aliphatic heterocycles. The zero-order chi connectivity index (χ0) is 17.7. The zero-order valence-corrected chi connectivity index (χ0v) is 17.4. The van der Waals surface area contributed by atoms with Crippen molar-refractivity contribution in [3.63, 3.8) is 0 Å². The van der Waals surface area contributed by atoms with Crippen molar-refractivity contribution < 1.29 is 9.47 Å². The summed E-state index contributed by atoms with van der Waals surface area (Å²) < 4.78 is 12.6. The van der Waals surface area contributed by atoms with E-state index in [2.05, 4.69) is 45.7 Å². The van der Waals surface area contributed by atoms with E-state index < -0.39 is 0 Å². The Labute approximate surface area is 160 Å². The highest BCUT2D eigenvalue weighted by atomic mass is 79.9. The molecule has 0 saturated carbocycles. The van der Waals surface area contributed by atoms with Crippen LogP contribution in [0, 0.1) is 0 Å². The fraction of sp³-hybridized carbons (Fsp3) is 0.200. The van der Waals surface area contributed by atoms with Gasteiger partial charge in [0.2, 0.25) is 0 Å². The Balaban J connectivity index is 2.37. The Bertz CT molecular complexity index is 690. The first-order valence-electron chi connectivity index (χ1n) is 7.50. The van der Waals surface area contributed by atoms with Gasteiger partial charge in [-0.3, -0.25) is 0 Å². The van der Waals surface area contributed by atoms with E-state index in [1.807, 2.05) is 48.5 Å². The predicted molar refractivity (Wildman–Crippen MR) is 109 cm³/mol. The number of halogens is 2. The minimum atomic E-state index is 0.850. The Morgan fingerprint density at radius 1 is 0.625 bits per heavy atom. The topological polar surface area (TPSA) is 18.5 Å². The maximum Gasteiger partial charge on any atom is 0.118 e. The molecule has 0 fully saturated rings. The van der Waals surface area contributed by atoms with Crippen molar-refractivity contribution in [1.82, 2.24) is 0 Å². The molecular weight excluding hydrogens is 432 g/mol. The highest BCUT2D eigenvalue weighted by Gasteiger charge is 2.09. The number of methoxy groups -OCH3 is 2. The Morgan fingerprint density at radius 3 is 1.17 bits per heavy atom. The normalized spacial score (nSPS) is 13.1. The number of ether oxygens (including phenoxy) is 2. The van der Waals surface area contributed by atoms with Crippen LogP contribution < -0.4 is 9.47 Å². The van der Waals surface area contributed by atoms with Crippen molar-refractivity contribution in [3.8, 4) is 11.5 Å². The summed E-state index contributed by atoms with van der Waals surface area (Å²) in [7, 11) is 3.34. The lowest BCUT2D eigenvalue weighted by molar-refractivity contribution is 0.414. The fourth-order valence-corrected chi connectivity index (χ4v) is 3.36. The monoisotopic (exact) mass is 450 g/mol. The molecular formula is C20H20Br2O2. The quantitative estimate of drug-likeness (QED) is 0.473. The van der Waals surface area contributed by atoms with Crippen LogP contribution in [0.3, 0.4) is 0 Å². The van der Waals surface area contributed by atoms with E-state index in [-0.39, 0.29) is 0 Å². The van der Waals surface area contributed by atoms with Gasteiger partial charge in [-0.2, -0.15) is 0 Å². The number of rotatable bonds is 5. The lowest BCUT2D eigenvalue weighted by atomic mass is 10.0. The molecule has 0 unspecified atom stereocenters. The second-order valence-electron chi connectivity index (χ2n) is 5.33. The van der Waals surface area contributed by atoms with Crippen LogP contribution in [0.1, 0.15) is 25.0 Å². The first kappa shape index (κ1) is 18.8. The summed E-state index contributed by atoms with van der Waals surface area (Å²) in [4.78, 5) is 0. The standard InChI is InChI=1S/C20H20Br2O2/c1-13(19(21)15-5-9-17(23-3)10-6-15)14(2)20(22)16-7-11-18(24-4)12-8-16/h5-12H,1-4H3/b19-13-,20-14-. The van der Waals surface area contributed by atoms with Crippen molar-refractivity contribution in [2.24, 2.45) is 0 Å². The van der Waals surface area contributed by atoms with Crippen LogP contribution in [-0.2, 0) is 0 Å². The second-order valence-corrected chi connectivity index (χ2v) is 6.92. The van der Waals surface area contributed by atoms with Gasteiger partial charge in [-0.25, -0.2) is 0 Å². The van der Waals surface area contributed by atoms with E-state index in [9.17, 15) is 0 Å². The molecule has 2 nitrogen and oxygen atoms in total. The fourth-order valence-electron chi connectivity index (χ4n) is 2.24. The SMILES string of the molecule is COc1ccc(/C(Br)=C(C)/C(C)=C(\Br)c2ccc(OC)cc2)cc1. The van der Waals surface area contributed by atoms with E-state index in [4.69, 9.17) is 9.47 Å². The first-order chi connectivity index (χ1) is 11.5. The molecule has 2 aromatic rings. The van der Waals surface area contributed by atoms with E-state index in [0.29, 0.717) is 0 Å². The molecule has 0 heterocycles. The maximum absolute atomic E-state index is 5.21. The van der Waals surface area contributed by atoms with Gasteiger partial charge in [-0.1, -0.05) is 24.3 Å². The average molecular weight is 452 g/mol. The molecule has 2 aromatic carbocycles. The molecule has 4 heteroatoms. The van der Waals surface area contributed by atoms with Gasteiger partial charge < -0.3 is 9.47 Å². The Morgan fingerprint density at radius 2 is 0.917 bits per heavy atom. The van der Waals surface area contributed by atoms with Gasteiger partial charge in [0.1, 0.15) is 11.5 Å². The summed E-state index contributed by atoms with van der Waals surface area (Å²) in [6, 6.07) is 16.0. The summed E-state index contributed by atoms with van der Waals surface area (Å²) >= 11 is 7.45. The minimum Gasteiger partial charge on any atom is -0.497 e. The molecule has 126 valence electrons. The molecule has 0 aliphatic carbocycles. The van der Waals surface area contributed by atoms with E-state index in [0.717, 1.165) is 31.6 Å². The van der Waals surface area contributed by atoms with Crippen LogP contribution in [-0.4, -0.2) is 14.2 Å². The molecule has 0 saturated heterocycles. The average Bonchev–Trinajstić information content (AvgIpc) is 2.65. The third-order valence-electron chi connectivity index (χ3n) is 3.91. The van der Waals surface area contributed by atoms with Gasteiger partial charge in [-0.05, 0) is 92.2 Å². The van der Waals surface area contributed by atoms with Crippen molar-refractivity contribution in [1.29, 1.82) is 0 Å². The van der Waals surface area contributed by atoms with Gasteiger partial charge in [0.15, 0.2) is 0 Å². The molecule has 0 aromatic heterocycles. The largest absolute Gasteiger partial charge is 0.497 e. The minimum absolute atomic E-state index is 0.850. The third-order valence-corrected chi connectivity index (χ3v) is 6.01. The summed E-state index contributed by atoms with van der Waals surface area (Å²) in [5, 5.41) is 0. The second kappa shape index (κ2) is 8.54. The van der Waals surface area contributed by atoms with Crippen LogP contribution in [0.2, 0.25) is 0 Å². The van der Waals surface area contributed by atoms with Gasteiger partial charge in [0, 0.05) is 8.96 Å². The highest BCUT2D eigenvalue weighted by molar-refractivity contribution is 9.15. The van der Waals surface area contributed by atoms with Crippen LogP contribution in [0.5, 0.6) is 11.5 Å². The predicted octanol–water partition coefficient (Wildman–Crippen LogP) is 6.66. The molecule has 0 bridgehead atoms. The number of benzene rings is 2. The van der Waals surface area contributed by atoms with Crippen LogP contribution in [0.25, 0.3) is 8.96 Å². The van der Waals surface area contributed by atoms with Crippen LogP contribution in [0.4, 0.5) is 0 Å². The van der Waals surface area contributed by atoms with E-state index in [1.165, 1.54) is 11.1 Å². The molecule has 0 aliphatic rings. The summed E-state index contributed by atoms with van der Waals surface area (Å²) in [5.74, 6) is 1.70. The third kappa shape index (κ3) is 4.31. The lowest BCUT2D eigenvalue weighted by Crippen LogP contribution is -1.90. The van der Waals surface area contributed by atoms with Crippen molar-refractivity contribution in [2.45, 2.75) is 13.8 Å². The summed E-state index contributed by atoms with van der Waals surface area (Å²) in [6.45, 7) is 4.21. The summed E-state index contributed by atoms with van der Waals surface area (Å²) in [6.07, 6.45) is 0. The first-order valence-corrected chi connectivity index (χ1v) is 9.08. The molecule has 24 heavy (non-hydrogen) atoms. The van der Waals surface area contributed by atoms with Gasteiger partial charge in [-0.15, -0.1) is 0 Å². The molecule has 0 N–H and O–H groups in total. The van der Waals surface area contributed by atoms with Crippen molar-refractivity contribution in [3.05, 3.63) is 70.8 Å². The van der Waals surface area contributed by atoms with Crippen LogP contribution in [0.15, 0.2) is 59.7 Å². The maximum atomic E-state index is 5.21. The van der Waals surface area contributed by atoms with E-state index >= 15 is 0 Å². The lowest BCUT2D eigenvalue weighted by Gasteiger charge is -2.12. The molecule has 0 radical (unpaired) electrons. The Hall–Kier alpha value is -1.52. The highest BCUT2D eigenvalue weighted by Crippen LogP contribution is 2.35. The summed E-state index contributed by atoms with van der Waals surface area (Å²) in [5.41, 5.74) is 4.57. The van der Waals surface area contributed by atoms with Crippen molar-refractivity contribution >= 4 is 40.8 Å². The smallest absolute Gasteiger partial charge is 0.118 e. The van der Waals surface area contributed by atoms with Gasteiger partial charge in [0.25, 0.3) is 0 Å². The number of hydrogen-bond donors (Lipinski definition) is 0. The van der Waals surface area contributed by atoms with Gasteiger partial charge >= 0.3 is 0 Å². The molecule has 2 rings (SSSR count).